The highest BCUT2D eigenvalue weighted by Gasteiger charge is 2.15. The Bertz CT molecular complexity index is 627. The average Bonchev–Trinajstić information content (AvgIpc) is 2.42. The molecule has 104 valence electrons. The highest BCUT2D eigenvalue weighted by Crippen LogP contribution is 2.25. The normalized spacial score (nSPS) is 10.4. The Morgan fingerprint density at radius 3 is 2.40 bits per heavy atom. The van der Waals surface area contributed by atoms with Crippen molar-refractivity contribution < 1.29 is 9.53 Å². The molecule has 0 aliphatic carbocycles. The van der Waals surface area contributed by atoms with E-state index in [9.17, 15) is 4.79 Å². The number of ether oxygens (including phenoxy) is 1. The highest BCUT2D eigenvalue weighted by molar-refractivity contribution is 6.30. The highest BCUT2D eigenvalue weighted by atomic mass is 35.5. The number of aryl methyl sites for hydroxylation is 2. The number of hydrogen-bond acceptors (Lipinski definition) is 2. The molecule has 0 aromatic heterocycles. The molecule has 0 heterocycles. The molecule has 0 saturated carbocycles. The van der Waals surface area contributed by atoms with E-state index < -0.39 is 0 Å². The Balaban J connectivity index is 2.33. The maximum Gasteiger partial charge on any atom is 0.170 e. The van der Waals surface area contributed by atoms with E-state index in [-0.39, 0.29) is 5.78 Å². The van der Waals surface area contributed by atoms with Gasteiger partial charge in [0.25, 0.3) is 0 Å². The van der Waals surface area contributed by atoms with Crippen LogP contribution in [-0.2, 0) is 6.42 Å². The van der Waals surface area contributed by atoms with Crippen LogP contribution in [-0.4, -0.2) is 12.9 Å². The van der Waals surface area contributed by atoms with Crippen molar-refractivity contribution in [1.29, 1.82) is 0 Å². The number of Topliss-reactive ketones (excluding diaryl/α,β-unsaturated/α-hetero) is 1. The van der Waals surface area contributed by atoms with Crippen LogP contribution in [0.3, 0.4) is 0 Å². The van der Waals surface area contributed by atoms with E-state index in [1.165, 1.54) is 0 Å². The summed E-state index contributed by atoms with van der Waals surface area (Å²) in [6, 6.07) is 11.1. The molecule has 0 spiro atoms. The molecular formula is C17H17ClO2. The zero-order valence-corrected chi connectivity index (χ0v) is 12.6. The Labute approximate surface area is 124 Å². The van der Waals surface area contributed by atoms with Gasteiger partial charge in [0, 0.05) is 11.4 Å². The van der Waals surface area contributed by atoms with Gasteiger partial charge in [-0.05, 0) is 48.7 Å². The average molecular weight is 289 g/mol. The molecule has 0 unspecified atom stereocenters. The summed E-state index contributed by atoms with van der Waals surface area (Å²) in [6.07, 6.45) is 0.372. The van der Waals surface area contributed by atoms with Gasteiger partial charge in [-0.2, -0.15) is 0 Å². The number of hydrogen-bond donors (Lipinski definition) is 0. The minimum absolute atomic E-state index is 0.0379. The number of benzene rings is 2. The van der Waals surface area contributed by atoms with Crippen LogP contribution in [0.25, 0.3) is 0 Å². The standard InChI is InChI=1S/C17H17ClO2/c1-11-5-4-6-12(2)15(11)10-16(19)14-8-7-13(18)9-17(14)20-3/h4-9H,10H2,1-3H3. The Morgan fingerprint density at radius 1 is 1.15 bits per heavy atom. The van der Waals surface area contributed by atoms with E-state index in [2.05, 4.69) is 0 Å². The molecular weight excluding hydrogens is 272 g/mol. The van der Waals surface area contributed by atoms with E-state index in [4.69, 9.17) is 16.3 Å². The summed E-state index contributed by atoms with van der Waals surface area (Å²) in [5.74, 6) is 0.560. The summed E-state index contributed by atoms with van der Waals surface area (Å²) in [7, 11) is 1.54. The number of halogens is 1. The predicted octanol–water partition coefficient (Wildman–Crippen LogP) is 4.39. The van der Waals surface area contributed by atoms with Crippen LogP contribution in [0.4, 0.5) is 0 Å². The van der Waals surface area contributed by atoms with Crippen molar-refractivity contribution in [1.82, 2.24) is 0 Å². The first-order chi connectivity index (χ1) is 9.52. The molecule has 0 fully saturated rings. The molecule has 3 heteroatoms. The Kier molecular flexibility index (Phi) is 4.46. The van der Waals surface area contributed by atoms with E-state index in [1.54, 1.807) is 25.3 Å². The first-order valence-corrected chi connectivity index (χ1v) is 6.82. The van der Waals surface area contributed by atoms with Crippen molar-refractivity contribution in [3.8, 4) is 5.75 Å². The maximum atomic E-state index is 12.5. The molecule has 0 bridgehead atoms. The SMILES string of the molecule is COc1cc(Cl)ccc1C(=O)Cc1c(C)cccc1C. The van der Waals surface area contributed by atoms with Crippen LogP contribution < -0.4 is 4.74 Å². The summed E-state index contributed by atoms with van der Waals surface area (Å²) in [5, 5.41) is 0.561. The molecule has 2 aromatic carbocycles. The van der Waals surface area contributed by atoms with Gasteiger partial charge in [0.1, 0.15) is 5.75 Å². The second-order valence-electron chi connectivity index (χ2n) is 4.81. The van der Waals surface area contributed by atoms with Gasteiger partial charge in [-0.1, -0.05) is 29.8 Å². The van der Waals surface area contributed by atoms with Crippen LogP contribution in [0.5, 0.6) is 5.75 Å². The lowest BCUT2D eigenvalue weighted by Crippen LogP contribution is -2.08. The van der Waals surface area contributed by atoms with Crippen LogP contribution >= 0.6 is 11.6 Å². The van der Waals surface area contributed by atoms with E-state index in [0.717, 1.165) is 16.7 Å². The first kappa shape index (κ1) is 14.6. The van der Waals surface area contributed by atoms with Gasteiger partial charge in [-0.3, -0.25) is 4.79 Å². The minimum atomic E-state index is 0.0379. The van der Waals surface area contributed by atoms with Crippen molar-refractivity contribution in [3.05, 3.63) is 63.7 Å². The van der Waals surface area contributed by atoms with Crippen molar-refractivity contribution >= 4 is 17.4 Å². The summed E-state index contributed by atoms with van der Waals surface area (Å²) in [4.78, 5) is 12.5. The predicted molar refractivity (Wildman–Crippen MR) is 82.0 cm³/mol. The van der Waals surface area contributed by atoms with Crippen LogP contribution in [0.15, 0.2) is 36.4 Å². The molecule has 0 radical (unpaired) electrons. The second kappa shape index (κ2) is 6.10. The molecule has 0 N–H and O–H groups in total. The molecule has 2 nitrogen and oxygen atoms in total. The number of carbonyl (C=O) groups excluding carboxylic acids is 1. The van der Waals surface area contributed by atoms with Gasteiger partial charge in [0.15, 0.2) is 5.78 Å². The zero-order valence-electron chi connectivity index (χ0n) is 11.9. The third kappa shape index (κ3) is 3.02. The third-order valence-electron chi connectivity index (χ3n) is 3.45. The smallest absolute Gasteiger partial charge is 0.170 e. The molecule has 0 aliphatic heterocycles. The molecule has 0 saturated heterocycles. The van der Waals surface area contributed by atoms with Gasteiger partial charge < -0.3 is 4.74 Å². The lowest BCUT2D eigenvalue weighted by molar-refractivity contribution is 0.0989. The van der Waals surface area contributed by atoms with E-state index in [1.807, 2.05) is 32.0 Å². The summed E-state index contributed by atoms with van der Waals surface area (Å²) in [6.45, 7) is 4.05. The molecule has 2 aromatic rings. The Morgan fingerprint density at radius 2 is 1.80 bits per heavy atom. The second-order valence-corrected chi connectivity index (χ2v) is 5.25. The quantitative estimate of drug-likeness (QED) is 0.780. The van der Waals surface area contributed by atoms with Crippen LogP contribution in [0.2, 0.25) is 5.02 Å². The molecule has 20 heavy (non-hydrogen) atoms. The van der Waals surface area contributed by atoms with Gasteiger partial charge in [0.05, 0.1) is 12.7 Å². The van der Waals surface area contributed by atoms with Gasteiger partial charge in [-0.15, -0.1) is 0 Å². The summed E-state index contributed by atoms with van der Waals surface area (Å²) in [5.41, 5.74) is 3.91. The van der Waals surface area contributed by atoms with E-state index >= 15 is 0 Å². The van der Waals surface area contributed by atoms with Gasteiger partial charge >= 0.3 is 0 Å². The zero-order chi connectivity index (χ0) is 14.7. The summed E-state index contributed by atoms with van der Waals surface area (Å²) < 4.78 is 5.24. The van der Waals surface area contributed by atoms with Crippen LogP contribution in [0.1, 0.15) is 27.0 Å². The minimum Gasteiger partial charge on any atom is -0.496 e. The lowest BCUT2D eigenvalue weighted by atomic mass is 9.95. The fourth-order valence-corrected chi connectivity index (χ4v) is 2.44. The number of methoxy groups -OCH3 is 1. The monoisotopic (exact) mass is 288 g/mol. The van der Waals surface area contributed by atoms with E-state index in [0.29, 0.717) is 22.8 Å². The third-order valence-corrected chi connectivity index (χ3v) is 3.68. The van der Waals surface area contributed by atoms with Crippen LogP contribution in [0, 0.1) is 13.8 Å². The summed E-state index contributed by atoms with van der Waals surface area (Å²) >= 11 is 5.92. The van der Waals surface area contributed by atoms with Gasteiger partial charge in [-0.25, -0.2) is 0 Å². The lowest BCUT2D eigenvalue weighted by Gasteiger charge is -2.11. The van der Waals surface area contributed by atoms with Crippen molar-refractivity contribution in [2.45, 2.75) is 20.3 Å². The topological polar surface area (TPSA) is 26.3 Å². The molecule has 0 amide bonds. The fourth-order valence-electron chi connectivity index (χ4n) is 2.28. The van der Waals surface area contributed by atoms with Crippen molar-refractivity contribution in [2.75, 3.05) is 7.11 Å². The Hall–Kier alpha value is -1.80. The molecule has 0 atom stereocenters. The fraction of sp³-hybridized carbons (Fsp3) is 0.235. The maximum absolute atomic E-state index is 12.5. The van der Waals surface area contributed by atoms with Gasteiger partial charge in [0.2, 0.25) is 0 Å². The largest absolute Gasteiger partial charge is 0.496 e. The van der Waals surface area contributed by atoms with Crippen molar-refractivity contribution in [3.63, 3.8) is 0 Å². The molecule has 2 rings (SSSR count). The number of ketones is 1. The number of carbonyl (C=O) groups is 1. The molecule has 0 aliphatic rings. The van der Waals surface area contributed by atoms with Crippen molar-refractivity contribution in [2.24, 2.45) is 0 Å². The number of rotatable bonds is 4. The first-order valence-electron chi connectivity index (χ1n) is 6.44.